The Morgan fingerprint density at radius 3 is 2.23 bits per heavy atom. The lowest BCUT2D eigenvalue weighted by molar-refractivity contribution is -0.274. The Hall–Kier alpha value is -3.11. The van der Waals surface area contributed by atoms with Crippen LogP contribution in [0, 0.1) is 6.92 Å². The van der Waals surface area contributed by atoms with Gasteiger partial charge >= 0.3 is 6.36 Å². The van der Waals surface area contributed by atoms with Crippen LogP contribution in [0.3, 0.4) is 0 Å². The van der Waals surface area contributed by atoms with Crippen molar-refractivity contribution in [3.63, 3.8) is 0 Å². The van der Waals surface area contributed by atoms with Gasteiger partial charge in [-0.05, 0) is 31.2 Å². The first-order valence-electron chi connectivity index (χ1n) is 9.49. The number of hydrogen-bond acceptors (Lipinski definition) is 6. The molecule has 1 N–H and O–H groups in total. The maximum Gasteiger partial charge on any atom is 0.573 e. The molecular weight excluding hydrogens is 413 g/mol. The molecule has 166 valence electrons. The molecule has 31 heavy (non-hydrogen) atoms. The fourth-order valence-electron chi connectivity index (χ4n) is 2.85. The number of hydrogen-bond donors (Lipinski definition) is 1. The van der Waals surface area contributed by atoms with E-state index in [1.807, 2.05) is 31.2 Å². The minimum Gasteiger partial charge on any atom is -0.406 e. The molecule has 0 radical (unpaired) electrons. The van der Waals surface area contributed by atoms with Gasteiger partial charge < -0.3 is 19.5 Å². The number of ether oxygens (including phenoxy) is 3. The van der Waals surface area contributed by atoms with Crippen LogP contribution in [0.25, 0.3) is 17.1 Å². The zero-order valence-electron chi connectivity index (χ0n) is 17.3. The first-order valence-corrected chi connectivity index (χ1v) is 9.49. The molecule has 3 aromatic rings. The second-order valence-electron chi connectivity index (χ2n) is 6.69. The van der Waals surface area contributed by atoms with Gasteiger partial charge in [0.1, 0.15) is 5.75 Å². The van der Waals surface area contributed by atoms with E-state index >= 15 is 0 Å². The van der Waals surface area contributed by atoms with Gasteiger partial charge in [-0.2, -0.15) is 9.67 Å². The van der Waals surface area contributed by atoms with Gasteiger partial charge in [-0.3, -0.25) is 0 Å². The number of halogens is 3. The summed E-state index contributed by atoms with van der Waals surface area (Å²) in [4.78, 5) is 4.56. The zero-order chi connectivity index (χ0) is 22.4. The van der Waals surface area contributed by atoms with Gasteiger partial charge in [0.05, 0.1) is 5.69 Å². The maximum absolute atomic E-state index is 12.4. The molecule has 0 fully saturated rings. The van der Waals surface area contributed by atoms with Gasteiger partial charge in [-0.25, -0.2) is 0 Å². The van der Waals surface area contributed by atoms with E-state index in [2.05, 4.69) is 20.1 Å². The van der Waals surface area contributed by atoms with Gasteiger partial charge in [0, 0.05) is 32.7 Å². The molecule has 1 aromatic heterocycles. The summed E-state index contributed by atoms with van der Waals surface area (Å²) in [6, 6.07) is 13.1. The third-order valence-corrected chi connectivity index (χ3v) is 4.42. The molecule has 0 aliphatic carbocycles. The number of alkyl halides is 3. The second kappa shape index (κ2) is 9.80. The molecule has 0 aliphatic heterocycles. The smallest absolute Gasteiger partial charge is 0.406 e. The van der Waals surface area contributed by atoms with Crippen molar-refractivity contribution in [3.8, 4) is 22.8 Å². The number of aromatic nitrogens is 3. The van der Waals surface area contributed by atoms with E-state index in [9.17, 15) is 13.2 Å². The highest BCUT2D eigenvalue weighted by Gasteiger charge is 2.31. The quantitative estimate of drug-likeness (QED) is 0.496. The van der Waals surface area contributed by atoms with E-state index < -0.39 is 6.36 Å². The summed E-state index contributed by atoms with van der Waals surface area (Å²) in [5.41, 5.74) is 2.45. The van der Waals surface area contributed by atoms with Crippen LogP contribution in [0.2, 0.25) is 0 Å². The van der Waals surface area contributed by atoms with Crippen molar-refractivity contribution in [2.75, 3.05) is 26.1 Å². The van der Waals surface area contributed by atoms with E-state index in [1.165, 1.54) is 28.9 Å². The minimum absolute atomic E-state index is 0.312. The summed E-state index contributed by atoms with van der Waals surface area (Å²) in [5.74, 6) is 0.604. The normalized spacial score (nSPS) is 11.7. The fraction of sp³-hybridized carbons (Fsp3) is 0.333. The van der Waals surface area contributed by atoms with E-state index in [0.29, 0.717) is 30.4 Å². The van der Waals surface area contributed by atoms with Crippen LogP contribution in [-0.2, 0) is 9.47 Å². The summed E-state index contributed by atoms with van der Waals surface area (Å²) in [7, 11) is 3.10. The lowest BCUT2D eigenvalue weighted by Crippen LogP contribution is -2.19. The van der Waals surface area contributed by atoms with Crippen LogP contribution >= 0.6 is 0 Å². The van der Waals surface area contributed by atoms with Crippen LogP contribution in [0.1, 0.15) is 12.0 Å². The standard InChI is InChI=1S/C21H23F3N4O3/c1-14-4-6-15(7-5-14)19-26-20(25-13-12-18(29-2)30-3)28(27-19)16-8-10-17(11-9-16)31-21(22,23)24/h4-11,18H,12-13H2,1-3H3,(H,25,26,27). The van der Waals surface area contributed by atoms with Crippen molar-refractivity contribution in [3.05, 3.63) is 54.1 Å². The number of aryl methyl sites for hydroxylation is 1. The largest absolute Gasteiger partial charge is 0.573 e. The van der Waals surface area contributed by atoms with Crippen molar-refractivity contribution in [2.45, 2.75) is 26.0 Å². The van der Waals surface area contributed by atoms with Gasteiger partial charge in [0.2, 0.25) is 5.95 Å². The van der Waals surface area contributed by atoms with Crippen molar-refractivity contribution in [2.24, 2.45) is 0 Å². The molecule has 0 spiro atoms. The molecule has 0 saturated carbocycles. The lowest BCUT2D eigenvalue weighted by Gasteiger charge is -2.14. The van der Waals surface area contributed by atoms with Crippen LogP contribution < -0.4 is 10.1 Å². The number of nitrogens with one attached hydrogen (secondary N) is 1. The number of methoxy groups -OCH3 is 2. The van der Waals surface area contributed by atoms with Gasteiger partial charge in [0.25, 0.3) is 0 Å². The SMILES string of the molecule is COC(CCNc1nc(-c2ccc(C)cc2)nn1-c1ccc(OC(F)(F)F)cc1)OC. The topological polar surface area (TPSA) is 70.4 Å². The lowest BCUT2D eigenvalue weighted by atomic mass is 10.1. The summed E-state index contributed by atoms with van der Waals surface area (Å²) in [6.07, 6.45) is -4.57. The number of anilines is 1. The summed E-state index contributed by atoms with van der Waals surface area (Å²) >= 11 is 0. The predicted molar refractivity (Wildman–Crippen MR) is 109 cm³/mol. The first kappa shape index (κ1) is 22.6. The Morgan fingerprint density at radius 1 is 1.00 bits per heavy atom. The highest BCUT2D eigenvalue weighted by atomic mass is 19.4. The van der Waals surface area contributed by atoms with Crippen molar-refractivity contribution in [1.82, 2.24) is 14.8 Å². The summed E-state index contributed by atoms with van der Waals surface area (Å²) in [6.45, 7) is 2.46. The Balaban J connectivity index is 1.88. The molecule has 2 aromatic carbocycles. The van der Waals surface area contributed by atoms with Crippen molar-refractivity contribution >= 4 is 5.95 Å². The first-order chi connectivity index (χ1) is 14.8. The third kappa shape index (κ3) is 6.19. The predicted octanol–water partition coefficient (Wildman–Crippen LogP) is 4.56. The van der Waals surface area contributed by atoms with E-state index in [-0.39, 0.29) is 12.0 Å². The zero-order valence-corrected chi connectivity index (χ0v) is 17.3. The highest BCUT2D eigenvalue weighted by Crippen LogP contribution is 2.26. The molecule has 1 heterocycles. The van der Waals surface area contributed by atoms with E-state index in [0.717, 1.165) is 11.1 Å². The number of nitrogens with zero attached hydrogens (tertiary/aromatic N) is 3. The molecule has 0 atom stereocenters. The Bertz CT molecular complexity index is 969. The molecular formula is C21H23F3N4O3. The average Bonchev–Trinajstić information content (AvgIpc) is 3.15. The van der Waals surface area contributed by atoms with Crippen molar-refractivity contribution < 1.29 is 27.4 Å². The maximum atomic E-state index is 12.4. The third-order valence-electron chi connectivity index (χ3n) is 4.42. The minimum atomic E-state index is -4.75. The van der Waals surface area contributed by atoms with Gasteiger partial charge in [-0.1, -0.05) is 29.8 Å². The molecule has 10 heteroatoms. The van der Waals surface area contributed by atoms with E-state index in [1.54, 1.807) is 14.2 Å². The molecule has 0 bridgehead atoms. The second-order valence-corrected chi connectivity index (χ2v) is 6.69. The molecule has 3 rings (SSSR count). The average molecular weight is 436 g/mol. The Kier molecular flexibility index (Phi) is 7.13. The Labute approximate surface area is 177 Å². The number of rotatable bonds is 9. The van der Waals surface area contributed by atoms with E-state index in [4.69, 9.17) is 9.47 Å². The number of benzene rings is 2. The van der Waals surface area contributed by atoms with Crippen LogP contribution in [0.5, 0.6) is 5.75 Å². The Morgan fingerprint density at radius 2 is 1.65 bits per heavy atom. The fourth-order valence-corrected chi connectivity index (χ4v) is 2.85. The van der Waals surface area contributed by atoms with Crippen LogP contribution in [0.15, 0.2) is 48.5 Å². The molecule has 0 unspecified atom stereocenters. The summed E-state index contributed by atoms with van der Waals surface area (Å²) in [5, 5.41) is 7.72. The molecule has 0 saturated heterocycles. The monoisotopic (exact) mass is 436 g/mol. The highest BCUT2D eigenvalue weighted by molar-refractivity contribution is 5.58. The van der Waals surface area contributed by atoms with Crippen LogP contribution in [0.4, 0.5) is 19.1 Å². The molecule has 0 aliphatic rings. The van der Waals surface area contributed by atoms with Gasteiger partial charge in [0.15, 0.2) is 12.1 Å². The van der Waals surface area contributed by atoms with Crippen molar-refractivity contribution in [1.29, 1.82) is 0 Å². The van der Waals surface area contributed by atoms with Crippen LogP contribution in [-0.4, -0.2) is 48.2 Å². The summed E-state index contributed by atoms with van der Waals surface area (Å²) < 4.78 is 53.1. The van der Waals surface area contributed by atoms with Gasteiger partial charge in [-0.15, -0.1) is 18.3 Å². The molecule has 0 amide bonds. The molecule has 7 nitrogen and oxygen atoms in total.